The monoisotopic (exact) mass is 483 g/mol. The predicted octanol–water partition coefficient (Wildman–Crippen LogP) is 3.51. The standard InChI is InChI=1S/C27H37N3O5/c1-16(2)23(32)12-21(27(4,5)6)26(34)30-14-20(31)11-22(30)25(33)28-13-18-7-9-19(10-8-18)24-17(3)29-15-35-24/h7-10,15-16,20-22,31H,11-14H2,1-6H3,(H,28,33)/t20-,21-,22+/m1/s1. The fraction of sp³-hybridized carbons (Fsp3) is 0.556. The molecule has 1 aromatic carbocycles. The molecule has 2 heterocycles. The number of hydrogen-bond donors (Lipinski definition) is 2. The summed E-state index contributed by atoms with van der Waals surface area (Å²) in [6.45, 7) is 11.7. The van der Waals surface area contributed by atoms with Gasteiger partial charge >= 0.3 is 0 Å². The van der Waals surface area contributed by atoms with E-state index in [1.165, 1.54) is 11.3 Å². The lowest BCUT2D eigenvalue weighted by atomic mass is 9.76. The lowest BCUT2D eigenvalue weighted by Gasteiger charge is -2.35. The number of likely N-dealkylation sites (tertiary alicyclic amines) is 1. The summed E-state index contributed by atoms with van der Waals surface area (Å²) in [4.78, 5) is 44.6. The molecule has 0 saturated carbocycles. The molecule has 0 radical (unpaired) electrons. The minimum atomic E-state index is -0.777. The van der Waals surface area contributed by atoms with E-state index in [9.17, 15) is 19.5 Å². The van der Waals surface area contributed by atoms with E-state index in [4.69, 9.17) is 4.42 Å². The Morgan fingerprint density at radius 2 is 1.86 bits per heavy atom. The van der Waals surface area contributed by atoms with Crippen LogP contribution in [-0.2, 0) is 20.9 Å². The van der Waals surface area contributed by atoms with E-state index < -0.39 is 23.5 Å². The van der Waals surface area contributed by atoms with Crippen LogP contribution in [0.15, 0.2) is 35.1 Å². The Hall–Kier alpha value is -3.00. The van der Waals surface area contributed by atoms with Crippen molar-refractivity contribution in [3.63, 3.8) is 0 Å². The van der Waals surface area contributed by atoms with Gasteiger partial charge in [-0.25, -0.2) is 4.98 Å². The molecular weight excluding hydrogens is 446 g/mol. The van der Waals surface area contributed by atoms with Crippen molar-refractivity contribution in [1.29, 1.82) is 0 Å². The number of ketones is 1. The fourth-order valence-corrected chi connectivity index (χ4v) is 4.37. The molecule has 1 saturated heterocycles. The highest BCUT2D eigenvalue weighted by Crippen LogP contribution is 2.34. The zero-order chi connectivity index (χ0) is 25.9. The van der Waals surface area contributed by atoms with Crippen LogP contribution in [0.25, 0.3) is 11.3 Å². The van der Waals surface area contributed by atoms with E-state index in [0.717, 1.165) is 16.8 Å². The minimum absolute atomic E-state index is 0.0167. The van der Waals surface area contributed by atoms with Crippen molar-refractivity contribution in [2.24, 2.45) is 17.3 Å². The molecule has 35 heavy (non-hydrogen) atoms. The quantitative estimate of drug-likeness (QED) is 0.594. The molecule has 1 aromatic heterocycles. The molecule has 8 nitrogen and oxygen atoms in total. The van der Waals surface area contributed by atoms with Crippen LogP contribution in [-0.4, -0.2) is 51.3 Å². The van der Waals surface area contributed by atoms with Gasteiger partial charge in [-0.3, -0.25) is 14.4 Å². The number of benzene rings is 1. The first-order valence-electron chi connectivity index (χ1n) is 12.2. The average Bonchev–Trinajstić information content (AvgIpc) is 3.40. The lowest BCUT2D eigenvalue weighted by Crippen LogP contribution is -2.50. The van der Waals surface area contributed by atoms with Gasteiger partial charge in [-0.15, -0.1) is 0 Å². The first-order chi connectivity index (χ1) is 16.4. The molecule has 1 aliphatic heterocycles. The van der Waals surface area contributed by atoms with Gasteiger partial charge in [0.1, 0.15) is 11.8 Å². The Labute approximate surface area is 207 Å². The number of oxazole rings is 1. The molecule has 0 bridgehead atoms. The number of nitrogens with zero attached hydrogens (tertiary/aromatic N) is 2. The van der Waals surface area contributed by atoms with Gasteiger partial charge in [0.25, 0.3) is 0 Å². The Morgan fingerprint density at radius 3 is 2.40 bits per heavy atom. The minimum Gasteiger partial charge on any atom is -0.443 e. The van der Waals surface area contributed by atoms with Crippen LogP contribution >= 0.6 is 0 Å². The number of Topliss-reactive ketones (excluding diaryl/α,β-unsaturated/α-hetero) is 1. The van der Waals surface area contributed by atoms with Gasteiger partial charge in [0.15, 0.2) is 12.2 Å². The first kappa shape index (κ1) is 26.6. The van der Waals surface area contributed by atoms with E-state index >= 15 is 0 Å². The number of aromatic nitrogens is 1. The van der Waals surface area contributed by atoms with Crippen molar-refractivity contribution in [3.05, 3.63) is 41.9 Å². The third-order valence-corrected chi connectivity index (χ3v) is 6.69. The highest BCUT2D eigenvalue weighted by Gasteiger charge is 2.44. The molecule has 3 rings (SSSR count). The summed E-state index contributed by atoms with van der Waals surface area (Å²) in [5.41, 5.74) is 2.14. The van der Waals surface area contributed by atoms with E-state index in [-0.39, 0.29) is 49.4 Å². The van der Waals surface area contributed by atoms with Crippen LogP contribution in [0.5, 0.6) is 0 Å². The van der Waals surface area contributed by atoms with E-state index in [1.807, 2.05) is 65.8 Å². The SMILES string of the molecule is Cc1ncoc1-c1ccc(CNC(=O)[C@@H]2C[C@@H](O)CN2C(=O)[C@@H](CC(=O)C(C)C)C(C)(C)C)cc1. The van der Waals surface area contributed by atoms with Gasteiger partial charge in [-0.2, -0.15) is 0 Å². The van der Waals surface area contributed by atoms with E-state index in [0.29, 0.717) is 5.76 Å². The summed E-state index contributed by atoms with van der Waals surface area (Å²) >= 11 is 0. The molecule has 1 aliphatic rings. The maximum absolute atomic E-state index is 13.5. The molecule has 2 N–H and O–H groups in total. The predicted molar refractivity (Wildman–Crippen MR) is 132 cm³/mol. The van der Waals surface area contributed by atoms with Crippen LogP contribution < -0.4 is 5.32 Å². The van der Waals surface area contributed by atoms with Gasteiger partial charge in [0, 0.05) is 43.3 Å². The second kappa shape index (κ2) is 10.7. The highest BCUT2D eigenvalue weighted by atomic mass is 16.3. The van der Waals surface area contributed by atoms with E-state index in [2.05, 4.69) is 10.3 Å². The van der Waals surface area contributed by atoms with Gasteiger partial charge in [-0.05, 0) is 17.9 Å². The largest absolute Gasteiger partial charge is 0.443 e. The van der Waals surface area contributed by atoms with Crippen molar-refractivity contribution in [3.8, 4) is 11.3 Å². The second-order valence-corrected chi connectivity index (χ2v) is 10.8. The number of hydrogen-bond acceptors (Lipinski definition) is 6. The lowest BCUT2D eigenvalue weighted by molar-refractivity contribution is -0.146. The Bertz CT molecular complexity index is 1050. The zero-order valence-corrected chi connectivity index (χ0v) is 21.5. The number of aliphatic hydroxyl groups is 1. The van der Waals surface area contributed by atoms with E-state index in [1.54, 1.807) is 0 Å². The maximum Gasteiger partial charge on any atom is 0.243 e. The Balaban J connectivity index is 1.68. The number of amides is 2. The number of rotatable bonds is 8. The Kier molecular flexibility index (Phi) is 8.15. The van der Waals surface area contributed by atoms with Crippen molar-refractivity contribution in [1.82, 2.24) is 15.2 Å². The van der Waals surface area contributed by atoms with Crippen molar-refractivity contribution < 1.29 is 23.9 Å². The number of nitrogens with one attached hydrogen (secondary N) is 1. The van der Waals surface area contributed by atoms with Gasteiger partial charge in [-0.1, -0.05) is 58.9 Å². The third-order valence-electron chi connectivity index (χ3n) is 6.69. The fourth-order valence-electron chi connectivity index (χ4n) is 4.37. The topological polar surface area (TPSA) is 113 Å². The number of aryl methyl sites for hydroxylation is 1. The average molecular weight is 484 g/mol. The molecule has 2 amide bonds. The molecule has 190 valence electrons. The van der Waals surface area contributed by atoms with Gasteiger partial charge in [0.05, 0.1) is 11.8 Å². The van der Waals surface area contributed by atoms with Crippen LogP contribution in [0.2, 0.25) is 0 Å². The molecule has 0 spiro atoms. The van der Waals surface area contributed by atoms with Crippen molar-refractivity contribution in [2.45, 2.75) is 73.1 Å². The van der Waals surface area contributed by atoms with Crippen LogP contribution in [0.1, 0.15) is 58.7 Å². The molecule has 8 heteroatoms. The molecular formula is C27H37N3O5. The number of aliphatic hydroxyl groups excluding tert-OH is 1. The summed E-state index contributed by atoms with van der Waals surface area (Å²) < 4.78 is 5.42. The Morgan fingerprint density at radius 1 is 1.20 bits per heavy atom. The molecule has 1 fully saturated rings. The third kappa shape index (κ3) is 6.36. The molecule has 0 aliphatic carbocycles. The summed E-state index contributed by atoms with van der Waals surface area (Å²) in [5, 5.41) is 13.2. The van der Waals surface area contributed by atoms with Gasteiger partial charge < -0.3 is 19.7 Å². The van der Waals surface area contributed by atoms with Crippen LogP contribution in [0.4, 0.5) is 0 Å². The molecule has 3 atom stereocenters. The summed E-state index contributed by atoms with van der Waals surface area (Å²) in [6, 6.07) is 6.84. The summed E-state index contributed by atoms with van der Waals surface area (Å²) in [7, 11) is 0. The normalized spacial score (nSPS) is 19.1. The zero-order valence-electron chi connectivity index (χ0n) is 21.5. The first-order valence-corrected chi connectivity index (χ1v) is 12.2. The van der Waals surface area contributed by atoms with Crippen LogP contribution in [0.3, 0.4) is 0 Å². The maximum atomic E-state index is 13.5. The number of carbonyl (C=O) groups excluding carboxylic acids is 3. The number of β-amino-alcohol motifs (C(OH)–C–C–N with tert-alkyl or cyclic N) is 1. The van der Waals surface area contributed by atoms with Crippen molar-refractivity contribution in [2.75, 3.05) is 6.54 Å². The van der Waals surface area contributed by atoms with Crippen molar-refractivity contribution >= 4 is 17.6 Å². The summed E-state index contributed by atoms with van der Waals surface area (Å²) in [6.07, 6.45) is 0.930. The molecule has 2 aromatic rings. The summed E-state index contributed by atoms with van der Waals surface area (Å²) in [5.74, 6) is -0.578. The van der Waals surface area contributed by atoms with Gasteiger partial charge in [0.2, 0.25) is 11.8 Å². The smallest absolute Gasteiger partial charge is 0.243 e. The second-order valence-electron chi connectivity index (χ2n) is 10.8. The highest BCUT2D eigenvalue weighted by molar-refractivity contribution is 5.92. The molecule has 0 unspecified atom stereocenters. The number of carbonyl (C=O) groups is 3. The van der Waals surface area contributed by atoms with Crippen LogP contribution in [0, 0.1) is 24.2 Å².